The van der Waals surface area contributed by atoms with Crippen LogP contribution in [0.5, 0.6) is 5.88 Å². The lowest BCUT2D eigenvalue weighted by molar-refractivity contribution is -0.137. The Morgan fingerprint density at radius 2 is 2.10 bits per heavy atom. The molecule has 0 aliphatic carbocycles. The van der Waals surface area contributed by atoms with Gasteiger partial charge in [-0.2, -0.15) is 18.2 Å². The molecule has 0 radical (unpaired) electrons. The third-order valence-electron chi connectivity index (χ3n) is 2.54. The molecule has 0 bridgehead atoms. The first-order valence-electron chi connectivity index (χ1n) is 5.52. The number of aromatic nitrogens is 2. The maximum atomic E-state index is 13.0. The van der Waals surface area contributed by atoms with Crippen LogP contribution in [0.3, 0.4) is 0 Å². The molecule has 1 aromatic heterocycles. The van der Waals surface area contributed by atoms with Gasteiger partial charge in [-0.25, -0.2) is 4.79 Å². The zero-order valence-electron chi connectivity index (χ0n) is 10.2. The lowest BCUT2D eigenvalue weighted by Crippen LogP contribution is -2.12. The van der Waals surface area contributed by atoms with E-state index in [0.717, 1.165) is 11.8 Å². The van der Waals surface area contributed by atoms with E-state index in [9.17, 15) is 23.1 Å². The second-order valence-corrected chi connectivity index (χ2v) is 5.41. The number of H-pyrrole nitrogens is 1. The number of halogens is 4. The highest BCUT2D eigenvalue weighted by molar-refractivity contribution is 7.99. The SMILES string of the molecule is O=c1nc(O)c2cc(C(F)(F)F)c(Cl)c(SCCO)c2[nH]1. The second kappa shape index (κ2) is 5.74. The molecule has 0 fully saturated rings. The number of aromatic amines is 1. The molecular formula is C11H8ClF3N2O3S. The number of hydrogen-bond donors (Lipinski definition) is 3. The van der Waals surface area contributed by atoms with Crippen molar-refractivity contribution < 1.29 is 23.4 Å². The number of hydrogen-bond acceptors (Lipinski definition) is 5. The van der Waals surface area contributed by atoms with Gasteiger partial charge in [0.05, 0.1) is 33.0 Å². The summed E-state index contributed by atoms with van der Waals surface area (Å²) in [4.78, 5) is 16.6. The molecule has 114 valence electrons. The quantitative estimate of drug-likeness (QED) is 0.747. The second-order valence-electron chi connectivity index (χ2n) is 3.93. The van der Waals surface area contributed by atoms with E-state index in [1.54, 1.807) is 0 Å². The summed E-state index contributed by atoms with van der Waals surface area (Å²) in [5.74, 6) is -0.747. The molecule has 10 heteroatoms. The molecule has 2 rings (SSSR count). The van der Waals surface area contributed by atoms with Crippen LogP contribution in [0.2, 0.25) is 5.02 Å². The van der Waals surface area contributed by atoms with Crippen LogP contribution in [0.25, 0.3) is 10.9 Å². The van der Waals surface area contributed by atoms with Crippen LogP contribution in [-0.2, 0) is 6.18 Å². The zero-order valence-corrected chi connectivity index (χ0v) is 11.7. The van der Waals surface area contributed by atoms with Gasteiger partial charge in [0.2, 0.25) is 5.88 Å². The van der Waals surface area contributed by atoms with Crippen LogP contribution < -0.4 is 5.69 Å². The van der Waals surface area contributed by atoms with Gasteiger partial charge < -0.3 is 15.2 Å². The molecule has 1 heterocycles. The number of nitrogens with one attached hydrogen (secondary N) is 1. The highest BCUT2D eigenvalue weighted by Gasteiger charge is 2.35. The fourth-order valence-electron chi connectivity index (χ4n) is 1.72. The number of alkyl halides is 3. The predicted octanol–water partition coefficient (Wildman–Crippen LogP) is 2.39. The Hall–Kier alpha value is -1.45. The number of nitrogens with zero attached hydrogens (tertiary/aromatic N) is 1. The van der Waals surface area contributed by atoms with Gasteiger partial charge in [-0.15, -0.1) is 11.8 Å². The molecule has 0 aliphatic heterocycles. The monoisotopic (exact) mass is 340 g/mol. The maximum absolute atomic E-state index is 13.0. The number of thioether (sulfide) groups is 1. The predicted molar refractivity (Wildman–Crippen MR) is 71.9 cm³/mol. The summed E-state index contributed by atoms with van der Waals surface area (Å²) in [5.41, 5.74) is -2.12. The van der Waals surface area contributed by atoms with E-state index < -0.39 is 28.3 Å². The Morgan fingerprint density at radius 3 is 2.67 bits per heavy atom. The summed E-state index contributed by atoms with van der Waals surface area (Å²) in [6, 6.07) is 0.624. The molecule has 1 aromatic carbocycles. The molecule has 0 spiro atoms. The van der Waals surface area contributed by atoms with Gasteiger partial charge in [0.1, 0.15) is 0 Å². The molecule has 5 nitrogen and oxygen atoms in total. The molecule has 0 atom stereocenters. The van der Waals surface area contributed by atoms with E-state index in [1.165, 1.54) is 0 Å². The topological polar surface area (TPSA) is 86.2 Å². The fraction of sp³-hybridized carbons (Fsp3) is 0.273. The Balaban J connectivity index is 2.86. The van der Waals surface area contributed by atoms with Crippen molar-refractivity contribution >= 4 is 34.3 Å². The van der Waals surface area contributed by atoms with Gasteiger partial charge in [0.25, 0.3) is 0 Å². The number of aliphatic hydroxyl groups is 1. The molecule has 0 amide bonds. The van der Waals surface area contributed by atoms with Gasteiger partial charge in [-0.05, 0) is 6.07 Å². The van der Waals surface area contributed by atoms with Crippen molar-refractivity contribution in [1.29, 1.82) is 0 Å². The average Bonchev–Trinajstić information content (AvgIpc) is 2.35. The van der Waals surface area contributed by atoms with Crippen molar-refractivity contribution in [3.63, 3.8) is 0 Å². The number of aliphatic hydroxyl groups excluding tert-OH is 1. The number of rotatable bonds is 3. The highest BCUT2D eigenvalue weighted by Crippen LogP contribution is 2.44. The van der Waals surface area contributed by atoms with Crippen molar-refractivity contribution in [2.75, 3.05) is 12.4 Å². The van der Waals surface area contributed by atoms with Gasteiger partial charge >= 0.3 is 11.9 Å². The highest BCUT2D eigenvalue weighted by atomic mass is 35.5. The lowest BCUT2D eigenvalue weighted by Gasteiger charge is -2.15. The van der Waals surface area contributed by atoms with Crippen molar-refractivity contribution in [2.45, 2.75) is 11.1 Å². The minimum Gasteiger partial charge on any atom is -0.493 e. The smallest absolute Gasteiger partial charge is 0.417 e. The first kappa shape index (κ1) is 15.9. The van der Waals surface area contributed by atoms with Crippen molar-refractivity contribution in [2.24, 2.45) is 0 Å². The van der Waals surface area contributed by atoms with E-state index >= 15 is 0 Å². The number of aromatic hydroxyl groups is 1. The minimum absolute atomic E-state index is 0.0519. The fourth-order valence-corrected chi connectivity index (χ4v) is 2.97. The summed E-state index contributed by atoms with van der Waals surface area (Å²) >= 11 is 6.60. The van der Waals surface area contributed by atoms with Crippen LogP contribution in [-0.4, -0.2) is 32.5 Å². The molecule has 0 saturated heterocycles. The normalized spacial score (nSPS) is 12.0. The summed E-state index contributed by atoms with van der Waals surface area (Å²) < 4.78 is 38.9. The first-order chi connectivity index (χ1) is 9.75. The van der Waals surface area contributed by atoms with Gasteiger partial charge in [0.15, 0.2) is 0 Å². The first-order valence-corrected chi connectivity index (χ1v) is 6.88. The Labute approximate surface area is 124 Å². The van der Waals surface area contributed by atoms with Gasteiger partial charge in [-0.3, -0.25) is 0 Å². The van der Waals surface area contributed by atoms with E-state index in [1.807, 2.05) is 0 Å². The number of fused-ring (bicyclic) bond motifs is 1. The molecular weight excluding hydrogens is 333 g/mol. The molecule has 3 N–H and O–H groups in total. The Kier molecular flexibility index (Phi) is 4.35. The largest absolute Gasteiger partial charge is 0.493 e. The molecule has 2 aromatic rings. The average molecular weight is 341 g/mol. The Bertz CT molecular complexity index is 748. The van der Waals surface area contributed by atoms with Crippen molar-refractivity contribution in [1.82, 2.24) is 9.97 Å². The van der Waals surface area contributed by atoms with E-state index in [-0.39, 0.29) is 28.2 Å². The third kappa shape index (κ3) is 3.09. The van der Waals surface area contributed by atoms with Crippen molar-refractivity contribution in [3.8, 4) is 5.88 Å². The van der Waals surface area contributed by atoms with E-state index in [4.69, 9.17) is 16.7 Å². The van der Waals surface area contributed by atoms with E-state index in [0.29, 0.717) is 6.07 Å². The van der Waals surface area contributed by atoms with Crippen LogP contribution >= 0.6 is 23.4 Å². The third-order valence-corrected chi connectivity index (χ3v) is 4.13. The van der Waals surface area contributed by atoms with Crippen LogP contribution in [0.4, 0.5) is 13.2 Å². The molecule has 0 saturated carbocycles. The summed E-state index contributed by atoms with van der Waals surface area (Å²) in [6.45, 7) is -0.292. The Morgan fingerprint density at radius 1 is 1.43 bits per heavy atom. The van der Waals surface area contributed by atoms with Gasteiger partial charge in [0, 0.05) is 5.75 Å². The summed E-state index contributed by atoms with van der Waals surface area (Å²) in [7, 11) is 0. The van der Waals surface area contributed by atoms with Crippen molar-refractivity contribution in [3.05, 3.63) is 27.1 Å². The summed E-state index contributed by atoms with van der Waals surface area (Å²) in [6.07, 6.45) is -4.73. The van der Waals surface area contributed by atoms with Crippen LogP contribution in [0.1, 0.15) is 5.56 Å². The van der Waals surface area contributed by atoms with Crippen LogP contribution in [0, 0.1) is 0 Å². The standard InChI is InChI=1S/C11H8ClF3N2O3S/c12-6-5(11(13,14)15)3-4-7(8(6)21-2-1-18)16-10(20)17-9(4)19/h3,18H,1-2H2,(H2,16,17,19,20). The summed E-state index contributed by atoms with van der Waals surface area (Å²) in [5, 5.41) is 17.5. The van der Waals surface area contributed by atoms with Crippen LogP contribution in [0.15, 0.2) is 15.8 Å². The van der Waals surface area contributed by atoms with E-state index in [2.05, 4.69) is 9.97 Å². The molecule has 0 aliphatic rings. The molecule has 0 unspecified atom stereocenters. The van der Waals surface area contributed by atoms with Gasteiger partial charge in [-0.1, -0.05) is 11.6 Å². The minimum atomic E-state index is -4.73. The number of benzene rings is 1. The maximum Gasteiger partial charge on any atom is 0.417 e. The zero-order chi connectivity index (χ0) is 15.8. The molecule has 21 heavy (non-hydrogen) atoms. The lowest BCUT2D eigenvalue weighted by atomic mass is 10.1.